The van der Waals surface area contributed by atoms with Crippen molar-refractivity contribution >= 4 is 0 Å². The zero-order valence-corrected chi connectivity index (χ0v) is 11.7. The molecule has 0 amide bonds. The molecule has 0 spiro atoms. The molecule has 0 radical (unpaired) electrons. The van der Waals surface area contributed by atoms with Crippen molar-refractivity contribution < 1.29 is 0 Å². The van der Waals surface area contributed by atoms with Crippen molar-refractivity contribution in [3.8, 4) is 11.1 Å². The second-order valence-electron chi connectivity index (χ2n) is 5.09. The van der Waals surface area contributed by atoms with Crippen molar-refractivity contribution in [2.45, 2.75) is 34.2 Å². The highest BCUT2D eigenvalue weighted by Crippen LogP contribution is 2.26. The molecular formula is C17H21N. The van der Waals surface area contributed by atoms with E-state index in [1.54, 1.807) is 0 Å². The Labute approximate surface area is 110 Å². The van der Waals surface area contributed by atoms with Crippen LogP contribution in [0.25, 0.3) is 11.1 Å². The molecule has 0 saturated heterocycles. The summed E-state index contributed by atoms with van der Waals surface area (Å²) >= 11 is 0. The first-order valence-electron chi connectivity index (χ1n) is 6.40. The first-order valence-corrected chi connectivity index (χ1v) is 6.40. The van der Waals surface area contributed by atoms with Gasteiger partial charge in [0.25, 0.3) is 0 Å². The fourth-order valence-electron chi connectivity index (χ4n) is 2.40. The molecule has 0 fully saturated rings. The minimum atomic E-state index is 0.616. The molecule has 18 heavy (non-hydrogen) atoms. The van der Waals surface area contributed by atoms with Crippen LogP contribution in [-0.2, 0) is 6.54 Å². The standard InChI is InChI=1S/C17H21N/c1-11-5-6-15(7-12(11)2)16-8-13(3)17(10-18)14(4)9-16/h5-9H,10,18H2,1-4H3. The normalized spacial score (nSPS) is 10.7. The van der Waals surface area contributed by atoms with E-state index in [0.717, 1.165) is 0 Å². The Hall–Kier alpha value is -1.60. The van der Waals surface area contributed by atoms with Crippen molar-refractivity contribution in [3.63, 3.8) is 0 Å². The Balaban J connectivity index is 2.54. The third-order valence-electron chi connectivity index (χ3n) is 3.74. The smallest absolute Gasteiger partial charge is 0.0183 e. The van der Waals surface area contributed by atoms with E-state index in [9.17, 15) is 0 Å². The van der Waals surface area contributed by atoms with E-state index < -0.39 is 0 Å². The summed E-state index contributed by atoms with van der Waals surface area (Å²) in [7, 11) is 0. The van der Waals surface area contributed by atoms with Gasteiger partial charge in [-0.05, 0) is 66.6 Å². The highest BCUT2D eigenvalue weighted by molar-refractivity contribution is 5.67. The predicted molar refractivity (Wildman–Crippen MR) is 78.7 cm³/mol. The molecule has 2 N–H and O–H groups in total. The zero-order valence-electron chi connectivity index (χ0n) is 11.7. The summed E-state index contributed by atoms with van der Waals surface area (Å²) in [5, 5.41) is 0. The molecule has 0 aliphatic heterocycles. The van der Waals surface area contributed by atoms with Gasteiger partial charge in [-0.3, -0.25) is 0 Å². The second kappa shape index (κ2) is 4.95. The predicted octanol–water partition coefficient (Wildman–Crippen LogP) is 4.05. The van der Waals surface area contributed by atoms with E-state index in [1.165, 1.54) is 38.9 Å². The molecule has 94 valence electrons. The van der Waals surface area contributed by atoms with Gasteiger partial charge in [0.05, 0.1) is 0 Å². The van der Waals surface area contributed by atoms with Gasteiger partial charge in [-0.2, -0.15) is 0 Å². The minimum Gasteiger partial charge on any atom is -0.326 e. The largest absolute Gasteiger partial charge is 0.326 e. The van der Waals surface area contributed by atoms with Gasteiger partial charge in [-0.1, -0.05) is 30.3 Å². The van der Waals surface area contributed by atoms with Crippen molar-refractivity contribution in [2.24, 2.45) is 5.73 Å². The van der Waals surface area contributed by atoms with E-state index in [4.69, 9.17) is 5.73 Å². The van der Waals surface area contributed by atoms with Crippen LogP contribution >= 0.6 is 0 Å². The van der Waals surface area contributed by atoms with Gasteiger partial charge in [0.15, 0.2) is 0 Å². The quantitative estimate of drug-likeness (QED) is 0.840. The molecular weight excluding hydrogens is 218 g/mol. The second-order valence-corrected chi connectivity index (χ2v) is 5.09. The molecule has 2 rings (SSSR count). The molecule has 1 nitrogen and oxygen atoms in total. The van der Waals surface area contributed by atoms with E-state index in [2.05, 4.69) is 58.0 Å². The van der Waals surface area contributed by atoms with Crippen LogP contribution in [0.1, 0.15) is 27.8 Å². The third-order valence-corrected chi connectivity index (χ3v) is 3.74. The molecule has 0 bridgehead atoms. The number of aryl methyl sites for hydroxylation is 4. The lowest BCUT2D eigenvalue weighted by Gasteiger charge is -2.12. The molecule has 2 aromatic carbocycles. The lowest BCUT2D eigenvalue weighted by atomic mass is 9.94. The molecule has 0 unspecified atom stereocenters. The van der Waals surface area contributed by atoms with Gasteiger partial charge < -0.3 is 5.73 Å². The maximum Gasteiger partial charge on any atom is 0.0183 e. The average molecular weight is 239 g/mol. The van der Waals surface area contributed by atoms with Crippen LogP contribution in [0, 0.1) is 27.7 Å². The Kier molecular flexibility index (Phi) is 3.53. The summed E-state index contributed by atoms with van der Waals surface area (Å²) in [6, 6.07) is 11.1. The van der Waals surface area contributed by atoms with Gasteiger partial charge in [-0.25, -0.2) is 0 Å². The minimum absolute atomic E-state index is 0.616. The molecule has 2 aromatic rings. The topological polar surface area (TPSA) is 26.0 Å². The summed E-state index contributed by atoms with van der Waals surface area (Å²) in [4.78, 5) is 0. The first-order chi connectivity index (χ1) is 8.52. The van der Waals surface area contributed by atoms with Crippen LogP contribution in [0.2, 0.25) is 0 Å². The van der Waals surface area contributed by atoms with E-state index in [-0.39, 0.29) is 0 Å². The fourth-order valence-corrected chi connectivity index (χ4v) is 2.40. The lowest BCUT2D eigenvalue weighted by molar-refractivity contribution is 1.03. The maximum atomic E-state index is 5.78. The lowest BCUT2D eigenvalue weighted by Crippen LogP contribution is -2.02. The Morgan fingerprint density at radius 3 is 1.78 bits per heavy atom. The van der Waals surface area contributed by atoms with Crippen LogP contribution in [-0.4, -0.2) is 0 Å². The molecule has 0 atom stereocenters. The summed E-state index contributed by atoms with van der Waals surface area (Å²) in [6.45, 7) is 9.20. The highest BCUT2D eigenvalue weighted by Gasteiger charge is 2.06. The monoisotopic (exact) mass is 239 g/mol. The fraction of sp³-hybridized carbons (Fsp3) is 0.294. The Morgan fingerprint density at radius 1 is 0.722 bits per heavy atom. The van der Waals surface area contributed by atoms with Crippen LogP contribution in [0.4, 0.5) is 0 Å². The average Bonchev–Trinajstić information content (AvgIpc) is 2.32. The summed E-state index contributed by atoms with van der Waals surface area (Å²) < 4.78 is 0. The summed E-state index contributed by atoms with van der Waals surface area (Å²) in [6.07, 6.45) is 0. The van der Waals surface area contributed by atoms with Crippen molar-refractivity contribution in [1.82, 2.24) is 0 Å². The van der Waals surface area contributed by atoms with Gasteiger partial charge in [0.2, 0.25) is 0 Å². The van der Waals surface area contributed by atoms with Crippen LogP contribution in [0.3, 0.4) is 0 Å². The van der Waals surface area contributed by atoms with Crippen LogP contribution in [0.15, 0.2) is 30.3 Å². The van der Waals surface area contributed by atoms with Gasteiger partial charge in [0.1, 0.15) is 0 Å². The Bertz CT molecular complexity index is 559. The van der Waals surface area contributed by atoms with Crippen LogP contribution < -0.4 is 5.73 Å². The number of hydrogen-bond donors (Lipinski definition) is 1. The van der Waals surface area contributed by atoms with E-state index in [1.807, 2.05) is 0 Å². The summed E-state index contributed by atoms with van der Waals surface area (Å²) in [5.74, 6) is 0. The molecule has 1 heteroatoms. The van der Waals surface area contributed by atoms with E-state index in [0.29, 0.717) is 6.54 Å². The Morgan fingerprint density at radius 2 is 1.28 bits per heavy atom. The van der Waals surface area contributed by atoms with E-state index >= 15 is 0 Å². The van der Waals surface area contributed by atoms with Gasteiger partial charge in [-0.15, -0.1) is 0 Å². The van der Waals surface area contributed by atoms with Crippen LogP contribution in [0.5, 0.6) is 0 Å². The van der Waals surface area contributed by atoms with Crippen molar-refractivity contribution in [3.05, 3.63) is 58.1 Å². The van der Waals surface area contributed by atoms with Gasteiger partial charge >= 0.3 is 0 Å². The highest BCUT2D eigenvalue weighted by atomic mass is 14.5. The number of rotatable bonds is 2. The summed E-state index contributed by atoms with van der Waals surface area (Å²) in [5.41, 5.74) is 14.9. The van der Waals surface area contributed by atoms with Crippen molar-refractivity contribution in [2.75, 3.05) is 0 Å². The van der Waals surface area contributed by atoms with Crippen molar-refractivity contribution in [1.29, 1.82) is 0 Å². The third kappa shape index (κ3) is 2.32. The molecule has 0 aliphatic rings. The zero-order chi connectivity index (χ0) is 13.3. The molecule has 0 saturated carbocycles. The molecule has 0 aromatic heterocycles. The maximum absolute atomic E-state index is 5.78. The molecule has 0 aliphatic carbocycles. The number of hydrogen-bond acceptors (Lipinski definition) is 1. The number of nitrogens with two attached hydrogens (primary N) is 1. The SMILES string of the molecule is Cc1ccc(-c2cc(C)c(CN)c(C)c2)cc1C. The molecule has 0 heterocycles. The first kappa shape index (κ1) is 12.8. The van der Waals surface area contributed by atoms with Gasteiger partial charge in [0, 0.05) is 6.54 Å². The number of benzene rings is 2.